The van der Waals surface area contributed by atoms with E-state index in [1.807, 2.05) is 20.8 Å². The maximum Gasteiger partial charge on any atom is 0.275 e. The molecule has 0 rings (SSSR count). The summed E-state index contributed by atoms with van der Waals surface area (Å²) in [6.07, 6.45) is 4.12. The van der Waals surface area contributed by atoms with E-state index >= 15 is 0 Å². The van der Waals surface area contributed by atoms with Crippen molar-refractivity contribution in [2.45, 2.75) is 34.1 Å². The van der Waals surface area contributed by atoms with Gasteiger partial charge in [-0.1, -0.05) is 6.92 Å². The van der Waals surface area contributed by atoms with Crippen LogP contribution < -0.4 is 11.1 Å². The zero-order valence-corrected chi connectivity index (χ0v) is 9.79. The van der Waals surface area contributed by atoms with E-state index in [0.29, 0.717) is 11.5 Å². The number of carbonyl (C=O) groups is 1. The van der Waals surface area contributed by atoms with E-state index in [4.69, 9.17) is 5.73 Å². The predicted molar refractivity (Wildman–Crippen MR) is 63.2 cm³/mol. The number of amides is 1. The zero-order valence-electron chi connectivity index (χ0n) is 9.79. The van der Waals surface area contributed by atoms with E-state index in [9.17, 15) is 4.79 Å². The van der Waals surface area contributed by atoms with Crippen molar-refractivity contribution in [2.24, 2.45) is 10.7 Å². The summed E-state index contributed by atoms with van der Waals surface area (Å²) >= 11 is 0. The lowest BCUT2D eigenvalue weighted by atomic mass is 10.2. The summed E-state index contributed by atoms with van der Waals surface area (Å²) in [5.74, 6) is 0.0999. The molecule has 4 heteroatoms. The molecule has 0 spiro atoms. The Bertz CT molecular complexity index is 310. The second-order valence-corrected chi connectivity index (χ2v) is 3.26. The predicted octanol–water partition coefficient (Wildman–Crippen LogP) is 1.70. The lowest BCUT2D eigenvalue weighted by Gasteiger charge is -2.06. The van der Waals surface area contributed by atoms with Crippen LogP contribution in [-0.2, 0) is 4.79 Å². The van der Waals surface area contributed by atoms with Gasteiger partial charge in [0.2, 0.25) is 0 Å². The standard InChI is InChI=1S/C11H19N3O/c1-5-7-9(12)14-11(15)10(8(3)4)13-6-2/h6-7H,5,12H2,1-4H3,(H,14,15)/b9-7+,13-6?. The topological polar surface area (TPSA) is 67.5 Å². The molecule has 0 aliphatic rings. The van der Waals surface area contributed by atoms with Crippen molar-refractivity contribution in [2.75, 3.05) is 0 Å². The minimum atomic E-state index is -0.268. The molecule has 1 amide bonds. The third-order valence-electron chi connectivity index (χ3n) is 1.63. The molecule has 0 aromatic rings. The average Bonchev–Trinajstić information content (AvgIpc) is 2.13. The normalized spacial score (nSPS) is 11.6. The van der Waals surface area contributed by atoms with Crippen LogP contribution in [0, 0.1) is 0 Å². The number of nitrogens with one attached hydrogen (secondary N) is 1. The molecule has 0 aliphatic heterocycles. The molecule has 0 atom stereocenters. The van der Waals surface area contributed by atoms with Gasteiger partial charge >= 0.3 is 0 Å². The van der Waals surface area contributed by atoms with Crippen LogP contribution in [0.25, 0.3) is 0 Å². The van der Waals surface area contributed by atoms with E-state index in [1.165, 1.54) is 0 Å². The van der Waals surface area contributed by atoms with Gasteiger partial charge in [-0.15, -0.1) is 0 Å². The van der Waals surface area contributed by atoms with Gasteiger partial charge < -0.3 is 11.1 Å². The summed E-state index contributed by atoms with van der Waals surface area (Å²) in [6, 6.07) is 0. The number of rotatable bonds is 4. The van der Waals surface area contributed by atoms with Gasteiger partial charge in [0.05, 0.1) is 5.82 Å². The van der Waals surface area contributed by atoms with Gasteiger partial charge in [0.25, 0.3) is 5.91 Å². The number of nitrogens with two attached hydrogens (primary N) is 1. The van der Waals surface area contributed by atoms with Gasteiger partial charge in [0.15, 0.2) is 0 Å². The maximum atomic E-state index is 11.7. The van der Waals surface area contributed by atoms with Crippen molar-refractivity contribution in [1.82, 2.24) is 5.32 Å². The summed E-state index contributed by atoms with van der Waals surface area (Å²) < 4.78 is 0. The van der Waals surface area contributed by atoms with Gasteiger partial charge in [-0.2, -0.15) is 0 Å². The monoisotopic (exact) mass is 209 g/mol. The highest BCUT2D eigenvalue weighted by atomic mass is 16.2. The highest BCUT2D eigenvalue weighted by molar-refractivity contribution is 5.95. The Morgan fingerprint density at radius 3 is 2.47 bits per heavy atom. The Hall–Kier alpha value is -1.58. The van der Waals surface area contributed by atoms with Crippen LogP contribution in [0.4, 0.5) is 0 Å². The SMILES string of the molecule is CC=NC(C(=O)N/C(N)=C/CC)=C(C)C. The van der Waals surface area contributed by atoms with Crippen molar-refractivity contribution in [1.29, 1.82) is 0 Å². The smallest absolute Gasteiger partial charge is 0.275 e. The first-order valence-corrected chi connectivity index (χ1v) is 4.96. The minimum Gasteiger partial charge on any atom is -0.385 e. The van der Waals surface area contributed by atoms with Crippen molar-refractivity contribution in [3.05, 3.63) is 23.2 Å². The molecule has 3 N–H and O–H groups in total. The third-order valence-corrected chi connectivity index (χ3v) is 1.63. The Morgan fingerprint density at radius 1 is 1.47 bits per heavy atom. The van der Waals surface area contributed by atoms with Gasteiger partial charge in [0.1, 0.15) is 5.70 Å². The summed E-state index contributed by atoms with van der Waals surface area (Å²) in [6.45, 7) is 7.38. The number of hydrogen-bond donors (Lipinski definition) is 2. The second-order valence-electron chi connectivity index (χ2n) is 3.26. The molecule has 0 heterocycles. The van der Waals surface area contributed by atoms with Gasteiger partial charge in [0, 0.05) is 6.21 Å². The molecular formula is C11H19N3O. The second kappa shape index (κ2) is 6.81. The van der Waals surface area contributed by atoms with Crippen molar-refractivity contribution < 1.29 is 4.79 Å². The van der Waals surface area contributed by atoms with Crippen molar-refractivity contribution in [3.63, 3.8) is 0 Å². The van der Waals surface area contributed by atoms with Crippen molar-refractivity contribution in [3.8, 4) is 0 Å². The van der Waals surface area contributed by atoms with Crippen LogP contribution in [0.5, 0.6) is 0 Å². The number of carbonyl (C=O) groups excluding carboxylic acids is 1. The van der Waals surface area contributed by atoms with Gasteiger partial charge in [-0.3, -0.25) is 9.79 Å². The minimum absolute atomic E-state index is 0.268. The molecule has 0 radical (unpaired) electrons. The first-order chi connectivity index (χ1) is 7.02. The number of hydrogen-bond acceptors (Lipinski definition) is 3. The molecule has 0 aromatic heterocycles. The fourth-order valence-corrected chi connectivity index (χ4v) is 1.01. The molecule has 0 fully saturated rings. The molecule has 0 aliphatic carbocycles. The fraction of sp³-hybridized carbons (Fsp3) is 0.455. The Kier molecular flexibility index (Phi) is 6.09. The summed E-state index contributed by atoms with van der Waals surface area (Å²) in [5, 5.41) is 2.58. The maximum absolute atomic E-state index is 11.7. The molecule has 0 bridgehead atoms. The molecular weight excluding hydrogens is 190 g/mol. The van der Waals surface area contributed by atoms with E-state index in [1.54, 1.807) is 19.2 Å². The molecule has 0 unspecified atom stereocenters. The van der Waals surface area contributed by atoms with Crippen LogP contribution in [-0.4, -0.2) is 12.1 Å². The van der Waals surface area contributed by atoms with E-state index in [2.05, 4.69) is 10.3 Å². The highest BCUT2D eigenvalue weighted by Gasteiger charge is 2.09. The zero-order chi connectivity index (χ0) is 11.8. The van der Waals surface area contributed by atoms with Crippen LogP contribution in [0.2, 0.25) is 0 Å². The largest absolute Gasteiger partial charge is 0.385 e. The Balaban J connectivity index is 4.70. The lowest BCUT2D eigenvalue weighted by Crippen LogP contribution is -2.28. The molecule has 84 valence electrons. The van der Waals surface area contributed by atoms with E-state index in [0.717, 1.165) is 12.0 Å². The van der Waals surface area contributed by atoms with E-state index < -0.39 is 0 Å². The van der Waals surface area contributed by atoms with Crippen molar-refractivity contribution >= 4 is 12.1 Å². The Labute approximate surface area is 91.0 Å². The molecule has 15 heavy (non-hydrogen) atoms. The molecule has 0 aromatic carbocycles. The number of aliphatic imine (C=N–C) groups is 1. The summed E-state index contributed by atoms with van der Waals surface area (Å²) in [5.41, 5.74) is 6.84. The van der Waals surface area contributed by atoms with Crippen LogP contribution in [0.15, 0.2) is 28.2 Å². The van der Waals surface area contributed by atoms with Crippen LogP contribution >= 0.6 is 0 Å². The summed E-state index contributed by atoms with van der Waals surface area (Å²) in [7, 11) is 0. The summed E-state index contributed by atoms with van der Waals surface area (Å²) in [4.78, 5) is 15.7. The van der Waals surface area contributed by atoms with Gasteiger partial charge in [-0.25, -0.2) is 0 Å². The lowest BCUT2D eigenvalue weighted by molar-refractivity contribution is -0.116. The van der Waals surface area contributed by atoms with Crippen LogP contribution in [0.1, 0.15) is 34.1 Å². The Morgan fingerprint density at radius 2 is 2.07 bits per heavy atom. The number of allylic oxidation sites excluding steroid dienone is 2. The molecule has 0 saturated carbocycles. The molecule has 0 saturated heterocycles. The van der Waals surface area contributed by atoms with Gasteiger partial charge in [-0.05, 0) is 38.8 Å². The highest BCUT2D eigenvalue weighted by Crippen LogP contribution is 2.05. The fourth-order valence-electron chi connectivity index (χ4n) is 1.01. The van der Waals surface area contributed by atoms with E-state index in [-0.39, 0.29) is 5.91 Å². The quantitative estimate of drug-likeness (QED) is 0.546. The average molecular weight is 209 g/mol. The molecule has 4 nitrogen and oxygen atoms in total. The number of nitrogens with zero attached hydrogens (tertiary/aromatic N) is 1. The first kappa shape index (κ1) is 13.4. The van der Waals surface area contributed by atoms with Crippen LogP contribution in [0.3, 0.4) is 0 Å². The first-order valence-electron chi connectivity index (χ1n) is 4.96. The third kappa shape index (κ3) is 5.00.